The molecular formula is C22H23N3O2. The Kier molecular flexibility index (Phi) is 5.71. The lowest BCUT2D eigenvalue weighted by molar-refractivity contribution is -0.114. The van der Waals surface area contributed by atoms with Crippen LogP contribution in [0.2, 0.25) is 0 Å². The van der Waals surface area contributed by atoms with E-state index in [1.807, 2.05) is 37.1 Å². The third kappa shape index (κ3) is 4.64. The third-order valence-electron chi connectivity index (χ3n) is 4.30. The van der Waals surface area contributed by atoms with Gasteiger partial charge in [0.25, 0.3) is 5.91 Å². The first kappa shape index (κ1) is 18.5. The summed E-state index contributed by atoms with van der Waals surface area (Å²) in [6.07, 6.45) is 0. The molecule has 0 saturated heterocycles. The van der Waals surface area contributed by atoms with Crippen LogP contribution in [-0.2, 0) is 4.79 Å². The number of hydrogen-bond donors (Lipinski definition) is 2. The van der Waals surface area contributed by atoms with E-state index in [0.717, 1.165) is 11.1 Å². The zero-order chi connectivity index (χ0) is 19.2. The van der Waals surface area contributed by atoms with Crippen LogP contribution in [0.4, 0.5) is 11.4 Å². The smallest absolute Gasteiger partial charge is 0.251 e. The normalized spacial score (nSPS) is 10.4. The molecule has 0 aliphatic rings. The number of nitrogens with zero attached hydrogens (tertiary/aromatic N) is 1. The Hall–Kier alpha value is -3.34. The molecule has 0 aliphatic carbocycles. The molecule has 3 aromatic carbocycles. The number of amides is 2. The Morgan fingerprint density at radius 2 is 1.70 bits per heavy atom. The topological polar surface area (TPSA) is 61.4 Å². The highest BCUT2D eigenvalue weighted by atomic mass is 16.2. The fourth-order valence-corrected chi connectivity index (χ4v) is 2.92. The molecule has 5 nitrogen and oxygen atoms in total. The Balaban J connectivity index is 1.66. The molecule has 0 bridgehead atoms. The molecule has 0 heterocycles. The molecule has 0 saturated carbocycles. The van der Waals surface area contributed by atoms with Crippen LogP contribution in [0.15, 0.2) is 66.7 Å². The van der Waals surface area contributed by atoms with Gasteiger partial charge in [0.2, 0.25) is 5.91 Å². The van der Waals surface area contributed by atoms with Crippen LogP contribution in [0.5, 0.6) is 0 Å². The van der Waals surface area contributed by atoms with Crippen molar-refractivity contribution in [3.8, 4) is 0 Å². The molecule has 0 aromatic heterocycles. The van der Waals surface area contributed by atoms with Crippen molar-refractivity contribution in [3.05, 3.63) is 72.3 Å². The summed E-state index contributed by atoms with van der Waals surface area (Å²) in [5.41, 5.74) is 2.10. The maximum Gasteiger partial charge on any atom is 0.251 e. The quantitative estimate of drug-likeness (QED) is 0.704. The van der Waals surface area contributed by atoms with E-state index in [1.165, 1.54) is 5.39 Å². The van der Waals surface area contributed by atoms with Gasteiger partial charge >= 0.3 is 0 Å². The first-order valence-corrected chi connectivity index (χ1v) is 8.95. The van der Waals surface area contributed by atoms with E-state index in [4.69, 9.17) is 0 Å². The summed E-state index contributed by atoms with van der Waals surface area (Å²) in [5, 5.41) is 7.91. The predicted molar refractivity (Wildman–Crippen MR) is 110 cm³/mol. The Labute approximate surface area is 159 Å². The van der Waals surface area contributed by atoms with Gasteiger partial charge in [-0.25, -0.2) is 0 Å². The van der Waals surface area contributed by atoms with Crippen LogP contribution < -0.4 is 15.5 Å². The summed E-state index contributed by atoms with van der Waals surface area (Å²) in [7, 11) is 1.88. The summed E-state index contributed by atoms with van der Waals surface area (Å²) < 4.78 is 0. The Morgan fingerprint density at radius 3 is 2.48 bits per heavy atom. The van der Waals surface area contributed by atoms with E-state index in [9.17, 15) is 9.59 Å². The standard InChI is InChI=1S/C22H23N3O2/c1-3-23-22(27)18-9-6-10-19(13-18)24-21(26)15-25(2)20-12-11-16-7-4-5-8-17(16)14-20/h4-14H,3,15H2,1-2H3,(H,23,27)(H,24,26). The van der Waals surface area contributed by atoms with Crippen molar-refractivity contribution in [3.63, 3.8) is 0 Å². The fraction of sp³-hybridized carbons (Fsp3) is 0.182. The number of hydrogen-bond acceptors (Lipinski definition) is 3. The molecule has 27 heavy (non-hydrogen) atoms. The first-order chi connectivity index (χ1) is 13.1. The molecule has 0 fully saturated rings. The van der Waals surface area contributed by atoms with Crippen molar-refractivity contribution in [1.29, 1.82) is 0 Å². The zero-order valence-corrected chi connectivity index (χ0v) is 15.5. The third-order valence-corrected chi connectivity index (χ3v) is 4.30. The summed E-state index contributed by atoms with van der Waals surface area (Å²) in [6.45, 7) is 2.64. The maximum atomic E-state index is 12.4. The van der Waals surface area contributed by atoms with E-state index in [0.29, 0.717) is 17.8 Å². The number of nitrogens with one attached hydrogen (secondary N) is 2. The van der Waals surface area contributed by atoms with E-state index in [-0.39, 0.29) is 18.4 Å². The van der Waals surface area contributed by atoms with Gasteiger partial charge in [0, 0.05) is 30.5 Å². The second kappa shape index (κ2) is 8.36. The van der Waals surface area contributed by atoms with Gasteiger partial charge in [0.15, 0.2) is 0 Å². The lowest BCUT2D eigenvalue weighted by Gasteiger charge is -2.19. The van der Waals surface area contributed by atoms with E-state index >= 15 is 0 Å². The number of fused-ring (bicyclic) bond motifs is 1. The van der Waals surface area contributed by atoms with E-state index < -0.39 is 0 Å². The van der Waals surface area contributed by atoms with Crippen LogP contribution in [0, 0.1) is 0 Å². The van der Waals surface area contributed by atoms with Gasteiger partial charge < -0.3 is 15.5 Å². The highest BCUT2D eigenvalue weighted by molar-refractivity contribution is 5.98. The number of benzene rings is 3. The van der Waals surface area contributed by atoms with Gasteiger partial charge in [-0.3, -0.25) is 9.59 Å². The lowest BCUT2D eigenvalue weighted by atomic mass is 10.1. The number of rotatable bonds is 6. The Bertz CT molecular complexity index is 968. The first-order valence-electron chi connectivity index (χ1n) is 8.95. The number of carbonyl (C=O) groups is 2. The van der Waals surface area contributed by atoms with Crippen LogP contribution >= 0.6 is 0 Å². The average molecular weight is 361 g/mol. The van der Waals surface area contributed by atoms with Gasteiger partial charge in [0.05, 0.1) is 6.54 Å². The SMILES string of the molecule is CCNC(=O)c1cccc(NC(=O)CN(C)c2ccc3ccccc3c2)c1. The van der Waals surface area contributed by atoms with Crippen LogP contribution in [0.1, 0.15) is 17.3 Å². The summed E-state index contributed by atoms with van der Waals surface area (Å²) >= 11 is 0. The Morgan fingerprint density at radius 1 is 0.926 bits per heavy atom. The van der Waals surface area contributed by atoms with Gasteiger partial charge in [-0.1, -0.05) is 36.4 Å². The van der Waals surface area contributed by atoms with E-state index in [1.54, 1.807) is 24.3 Å². The van der Waals surface area contributed by atoms with E-state index in [2.05, 4.69) is 34.9 Å². The van der Waals surface area contributed by atoms with Crippen LogP contribution in [0.3, 0.4) is 0 Å². The molecule has 0 unspecified atom stereocenters. The van der Waals surface area contributed by atoms with Crippen molar-refractivity contribution >= 4 is 34.0 Å². The van der Waals surface area contributed by atoms with Gasteiger partial charge in [0.1, 0.15) is 0 Å². The second-order valence-electron chi connectivity index (χ2n) is 6.38. The minimum Gasteiger partial charge on any atom is -0.365 e. The monoisotopic (exact) mass is 361 g/mol. The van der Waals surface area contributed by atoms with Crippen molar-refractivity contribution in [1.82, 2.24) is 5.32 Å². The molecule has 3 rings (SSSR count). The highest BCUT2D eigenvalue weighted by Gasteiger charge is 2.10. The molecule has 2 N–H and O–H groups in total. The molecule has 0 radical (unpaired) electrons. The summed E-state index contributed by atoms with van der Waals surface area (Å²) in [5.74, 6) is -0.291. The molecule has 0 spiro atoms. The van der Waals surface area contributed by atoms with Crippen molar-refractivity contribution in [2.75, 3.05) is 30.4 Å². The number of likely N-dealkylation sites (N-methyl/N-ethyl adjacent to an activating group) is 1. The summed E-state index contributed by atoms with van der Waals surface area (Å²) in [6, 6.07) is 21.2. The molecular weight excluding hydrogens is 338 g/mol. The maximum absolute atomic E-state index is 12.4. The van der Waals surface area contributed by atoms with Gasteiger partial charge in [-0.05, 0) is 48.0 Å². The molecule has 0 atom stereocenters. The largest absolute Gasteiger partial charge is 0.365 e. The minimum atomic E-state index is -0.151. The second-order valence-corrected chi connectivity index (χ2v) is 6.38. The molecule has 3 aromatic rings. The molecule has 0 aliphatic heterocycles. The van der Waals surface area contributed by atoms with Crippen LogP contribution in [0.25, 0.3) is 10.8 Å². The van der Waals surface area contributed by atoms with Crippen molar-refractivity contribution in [2.45, 2.75) is 6.92 Å². The highest BCUT2D eigenvalue weighted by Crippen LogP contribution is 2.21. The van der Waals surface area contributed by atoms with Gasteiger partial charge in [-0.2, -0.15) is 0 Å². The molecule has 138 valence electrons. The minimum absolute atomic E-state index is 0.140. The number of carbonyl (C=O) groups excluding carboxylic acids is 2. The molecule has 2 amide bonds. The van der Waals surface area contributed by atoms with Gasteiger partial charge in [-0.15, -0.1) is 0 Å². The average Bonchev–Trinajstić information content (AvgIpc) is 2.68. The number of anilines is 2. The van der Waals surface area contributed by atoms with Crippen molar-refractivity contribution < 1.29 is 9.59 Å². The van der Waals surface area contributed by atoms with Crippen LogP contribution in [-0.4, -0.2) is 32.0 Å². The summed E-state index contributed by atoms with van der Waals surface area (Å²) in [4.78, 5) is 26.2. The zero-order valence-electron chi connectivity index (χ0n) is 15.5. The lowest BCUT2D eigenvalue weighted by Crippen LogP contribution is -2.30. The fourth-order valence-electron chi connectivity index (χ4n) is 2.92. The molecule has 5 heteroatoms. The van der Waals surface area contributed by atoms with Crippen molar-refractivity contribution in [2.24, 2.45) is 0 Å². The predicted octanol–water partition coefficient (Wildman–Crippen LogP) is 3.66.